The summed E-state index contributed by atoms with van der Waals surface area (Å²) < 4.78 is 5.23. The van der Waals surface area contributed by atoms with Gasteiger partial charge in [0.2, 0.25) is 0 Å². The van der Waals surface area contributed by atoms with Crippen LogP contribution in [0, 0.1) is 0 Å². The van der Waals surface area contributed by atoms with Crippen LogP contribution in [0.2, 0.25) is 0 Å². The number of rotatable bonds is 2. The van der Waals surface area contributed by atoms with E-state index in [4.69, 9.17) is 4.74 Å². The summed E-state index contributed by atoms with van der Waals surface area (Å²) in [7, 11) is 0. The van der Waals surface area contributed by atoms with Crippen LogP contribution in [0.3, 0.4) is 0 Å². The van der Waals surface area contributed by atoms with Crippen LogP contribution in [0.25, 0.3) is 0 Å². The van der Waals surface area contributed by atoms with Crippen LogP contribution in [-0.2, 0) is 4.74 Å². The molecule has 1 unspecified atom stereocenters. The van der Waals surface area contributed by atoms with Crippen LogP contribution in [0.15, 0.2) is 24.6 Å². The molecule has 1 atom stereocenters. The molecule has 1 fully saturated rings. The van der Waals surface area contributed by atoms with Crippen LogP contribution in [0.1, 0.15) is 13.8 Å². The summed E-state index contributed by atoms with van der Waals surface area (Å²) in [6, 6.07) is 0.412. The summed E-state index contributed by atoms with van der Waals surface area (Å²) in [5.74, 6) is 0.801. The van der Waals surface area contributed by atoms with Gasteiger partial charge in [-0.25, -0.2) is 0 Å². The lowest BCUT2D eigenvalue weighted by molar-refractivity contribution is 0.227. The maximum atomic E-state index is 5.23. The molecule has 2 heteroatoms. The monoisotopic (exact) mass is 153 g/mol. The van der Waals surface area contributed by atoms with Crippen LogP contribution in [-0.4, -0.2) is 24.1 Å². The van der Waals surface area contributed by atoms with Gasteiger partial charge in [-0.1, -0.05) is 12.2 Å². The zero-order valence-electron chi connectivity index (χ0n) is 7.21. The van der Waals surface area contributed by atoms with Crippen molar-refractivity contribution in [1.29, 1.82) is 0 Å². The number of hydrogen-bond donors (Lipinski definition) is 0. The molecule has 62 valence electrons. The molecule has 2 nitrogen and oxygen atoms in total. The molecule has 0 radical (unpaired) electrons. The molecule has 1 saturated heterocycles. The zero-order chi connectivity index (χ0) is 8.27. The standard InChI is InChI=1S/C9H15NO/c1-4-5-8(2)10-6-7-11-9(10)3/h4-5,8H,3,6-7H2,1-2H3/b5-4+. The van der Waals surface area contributed by atoms with E-state index >= 15 is 0 Å². The van der Waals surface area contributed by atoms with Gasteiger partial charge in [0.25, 0.3) is 0 Å². The first-order chi connectivity index (χ1) is 5.25. The van der Waals surface area contributed by atoms with Gasteiger partial charge in [-0.15, -0.1) is 0 Å². The number of ether oxygens (including phenoxy) is 1. The highest BCUT2D eigenvalue weighted by Gasteiger charge is 2.19. The predicted octanol–water partition coefficient (Wildman–Crippen LogP) is 1.75. The first-order valence-electron chi connectivity index (χ1n) is 3.97. The molecule has 0 saturated carbocycles. The van der Waals surface area contributed by atoms with Crippen molar-refractivity contribution >= 4 is 0 Å². The Kier molecular flexibility index (Phi) is 2.58. The van der Waals surface area contributed by atoms with E-state index in [1.165, 1.54) is 0 Å². The van der Waals surface area contributed by atoms with Crippen molar-refractivity contribution in [3.8, 4) is 0 Å². The maximum absolute atomic E-state index is 5.23. The quantitative estimate of drug-likeness (QED) is 0.560. The molecular weight excluding hydrogens is 138 g/mol. The Hall–Kier alpha value is -0.920. The highest BCUT2D eigenvalue weighted by Crippen LogP contribution is 2.15. The smallest absolute Gasteiger partial charge is 0.182 e. The van der Waals surface area contributed by atoms with Gasteiger partial charge in [0.1, 0.15) is 6.61 Å². The molecule has 1 rings (SSSR count). The van der Waals surface area contributed by atoms with Gasteiger partial charge in [0.15, 0.2) is 5.88 Å². The fourth-order valence-corrected chi connectivity index (χ4v) is 1.28. The minimum Gasteiger partial charge on any atom is -0.478 e. The average molecular weight is 153 g/mol. The predicted molar refractivity (Wildman–Crippen MR) is 46.1 cm³/mol. The van der Waals surface area contributed by atoms with E-state index in [0.29, 0.717) is 6.04 Å². The maximum Gasteiger partial charge on any atom is 0.182 e. The highest BCUT2D eigenvalue weighted by molar-refractivity contribution is 4.99. The van der Waals surface area contributed by atoms with E-state index in [0.717, 1.165) is 19.0 Å². The fourth-order valence-electron chi connectivity index (χ4n) is 1.28. The van der Waals surface area contributed by atoms with Crippen molar-refractivity contribution in [2.45, 2.75) is 19.9 Å². The van der Waals surface area contributed by atoms with Gasteiger partial charge >= 0.3 is 0 Å². The Morgan fingerprint density at radius 3 is 2.91 bits per heavy atom. The second kappa shape index (κ2) is 3.46. The van der Waals surface area contributed by atoms with Gasteiger partial charge in [0.05, 0.1) is 6.54 Å². The molecule has 0 aromatic carbocycles. The molecule has 0 N–H and O–H groups in total. The molecule has 0 spiro atoms. The van der Waals surface area contributed by atoms with Crippen LogP contribution in [0.4, 0.5) is 0 Å². The SMILES string of the molecule is C=C1OCCN1C(C)/C=C/C. The van der Waals surface area contributed by atoms with E-state index in [2.05, 4.69) is 30.6 Å². The Morgan fingerprint density at radius 1 is 1.73 bits per heavy atom. The second-order valence-corrected chi connectivity index (χ2v) is 2.70. The van der Waals surface area contributed by atoms with Gasteiger partial charge in [0, 0.05) is 6.04 Å². The first-order valence-corrected chi connectivity index (χ1v) is 3.97. The van der Waals surface area contributed by atoms with Crippen LogP contribution in [0.5, 0.6) is 0 Å². The minimum absolute atomic E-state index is 0.412. The summed E-state index contributed by atoms with van der Waals surface area (Å²) in [6.07, 6.45) is 4.19. The molecule has 1 aliphatic rings. The van der Waals surface area contributed by atoms with Gasteiger partial charge in [-0.2, -0.15) is 0 Å². The third kappa shape index (κ3) is 1.76. The molecule has 0 aromatic rings. The molecule has 1 aliphatic heterocycles. The van der Waals surface area contributed by atoms with Crippen molar-refractivity contribution in [3.05, 3.63) is 24.6 Å². The summed E-state index contributed by atoms with van der Waals surface area (Å²) in [5.41, 5.74) is 0. The van der Waals surface area contributed by atoms with Crippen molar-refractivity contribution in [1.82, 2.24) is 4.90 Å². The third-order valence-corrected chi connectivity index (χ3v) is 1.88. The normalized spacial score (nSPS) is 20.9. The Bertz CT molecular complexity index is 174. The van der Waals surface area contributed by atoms with Gasteiger partial charge in [-0.3, -0.25) is 0 Å². The molecule has 1 heterocycles. The topological polar surface area (TPSA) is 12.5 Å². The summed E-state index contributed by atoms with van der Waals surface area (Å²) in [4.78, 5) is 2.15. The Morgan fingerprint density at radius 2 is 2.45 bits per heavy atom. The lowest BCUT2D eigenvalue weighted by Crippen LogP contribution is -2.26. The molecule has 11 heavy (non-hydrogen) atoms. The van der Waals surface area contributed by atoms with Crippen molar-refractivity contribution in [2.75, 3.05) is 13.2 Å². The van der Waals surface area contributed by atoms with Gasteiger partial charge < -0.3 is 9.64 Å². The number of hydrogen-bond acceptors (Lipinski definition) is 2. The molecule has 0 bridgehead atoms. The van der Waals surface area contributed by atoms with Crippen molar-refractivity contribution < 1.29 is 4.74 Å². The fraction of sp³-hybridized carbons (Fsp3) is 0.556. The number of allylic oxidation sites excluding steroid dienone is 1. The van der Waals surface area contributed by atoms with E-state index in [1.807, 2.05) is 6.92 Å². The molecular formula is C9H15NO. The van der Waals surface area contributed by atoms with E-state index in [9.17, 15) is 0 Å². The van der Waals surface area contributed by atoms with E-state index in [-0.39, 0.29) is 0 Å². The lowest BCUT2D eigenvalue weighted by Gasteiger charge is -2.21. The summed E-state index contributed by atoms with van der Waals surface area (Å²) in [6.45, 7) is 9.71. The van der Waals surface area contributed by atoms with E-state index in [1.54, 1.807) is 0 Å². The number of nitrogens with zero attached hydrogens (tertiary/aromatic N) is 1. The Labute approximate surface area is 68.1 Å². The van der Waals surface area contributed by atoms with Gasteiger partial charge in [-0.05, 0) is 20.4 Å². The average Bonchev–Trinajstić information content (AvgIpc) is 2.36. The third-order valence-electron chi connectivity index (χ3n) is 1.88. The lowest BCUT2D eigenvalue weighted by atomic mass is 10.3. The first kappa shape index (κ1) is 8.18. The highest BCUT2D eigenvalue weighted by atomic mass is 16.5. The largest absolute Gasteiger partial charge is 0.478 e. The minimum atomic E-state index is 0.412. The van der Waals surface area contributed by atoms with Crippen LogP contribution >= 0.6 is 0 Å². The molecule has 0 aromatic heterocycles. The summed E-state index contributed by atoms with van der Waals surface area (Å²) in [5, 5.41) is 0. The van der Waals surface area contributed by atoms with Crippen molar-refractivity contribution in [2.24, 2.45) is 0 Å². The zero-order valence-corrected chi connectivity index (χ0v) is 7.21. The van der Waals surface area contributed by atoms with E-state index < -0.39 is 0 Å². The molecule has 0 amide bonds. The second-order valence-electron chi connectivity index (χ2n) is 2.70. The Balaban J connectivity index is 2.52. The molecule has 0 aliphatic carbocycles. The van der Waals surface area contributed by atoms with Crippen LogP contribution < -0.4 is 0 Å². The summed E-state index contributed by atoms with van der Waals surface area (Å²) >= 11 is 0. The van der Waals surface area contributed by atoms with Crippen molar-refractivity contribution in [3.63, 3.8) is 0 Å².